The summed E-state index contributed by atoms with van der Waals surface area (Å²) in [6.45, 7) is 11.1. The lowest BCUT2D eigenvalue weighted by Gasteiger charge is -2.34. The van der Waals surface area contributed by atoms with Crippen molar-refractivity contribution in [1.29, 1.82) is 0 Å². The fourth-order valence-electron chi connectivity index (χ4n) is 4.04. The molecule has 2 aromatic carbocycles. The zero-order valence-electron chi connectivity index (χ0n) is 18.6. The second-order valence-electron chi connectivity index (χ2n) is 8.43. The van der Waals surface area contributed by atoms with Gasteiger partial charge in [0.25, 0.3) is 5.91 Å². The summed E-state index contributed by atoms with van der Waals surface area (Å²) in [5, 5.41) is 2.03. The number of nitrogens with zero attached hydrogens (tertiary/aromatic N) is 2. The first-order valence-corrected chi connectivity index (χ1v) is 11.7. The average Bonchev–Trinajstić information content (AvgIpc) is 3.22. The minimum Gasteiger partial charge on any atom is -0.489 e. The number of hydrogen-bond donors (Lipinski definition) is 0. The molecule has 1 fully saturated rings. The van der Waals surface area contributed by atoms with Gasteiger partial charge in [-0.25, -0.2) is 0 Å². The molecule has 4 nitrogen and oxygen atoms in total. The van der Waals surface area contributed by atoms with Crippen LogP contribution >= 0.6 is 11.3 Å². The zero-order valence-corrected chi connectivity index (χ0v) is 19.4. The van der Waals surface area contributed by atoms with Crippen LogP contribution in [-0.2, 0) is 13.2 Å². The lowest BCUT2D eigenvalue weighted by Crippen LogP contribution is -2.48. The summed E-state index contributed by atoms with van der Waals surface area (Å²) in [5.41, 5.74) is 6.13. The Labute approximate surface area is 189 Å². The van der Waals surface area contributed by atoms with E-state index in [1.165, 1.54) is 33.6 Å². The Balaban J connectivity index is 1.29. The van der Waals surface area contributed by atoms with Crippen LogP contribution in [0, 0.1) is 20.8 Å². The first kappa shape index (κ1) is 21.6. The third-order valence-electron chi connectivity index (χ3n) is 5.78. The van der Waals surface area contributed by atoms with Crippen LogP contribution in [-0.4, -0.2) is 41.9 Å². The van der Waals surface area contributed by atoms with Gasteiger partial charge in [-0.1, -0.05) is 30.3 Å². The number of thiophene rings is 1. The Bertz CT molecular complexity index is 1030. The smallest absolute Gasteiger partial charge is 0.264 e. The summed E-state index contributed by atoms with van der Waals surface area (Å²) in [6.07, 6.45) is 0. The minimum atomic E-state index is 0.137. The second-order valence-corrected chi connectivity index (χ2v) is 9.34. The molecule has 1 aliphatic heterocycles. The first-order chi connectivity index (χ1) is 15.0. The average molecular weight is 435 g/mol. The van der Waals surface area contributed by atoms with Crippen molar-refractivity contribution in [2.45, 2.75) is 33.9 Å². The highest BCUT2D eigenvalue weighted by atomic mass is 32.1. The van der Waals surface area contributed by atoms with Crippen molar-refractivity contribution in [2.75, 3.05) is 26.2 Å². The number of piperazine rings is 1. The Hall–Kier alpha value is -2.63. The van der Waals surface area contributed by atoms with E-state index in [-0.39, 0.29) is 5.91 Å². The molecule has 3 aromatic rings. The van der Waals surface area contributed by atoms with Gasteiger partial charge in [0.05, 0.1) is 4.88 Å². The highest BCUT2D eigenvalue weighted by Gasteiger charge is 2.23. The van der Waals surface area contributed by atoms with Crippen molar-refractivity contribution < 1.29 is 9.53 Å². The van der Waals surface area contributed by atoms with E-state index < -0.39 is 0 Å². The fraction of sp³-hybridized carbons (Fsp3) is 0.346. The summed E-state index contributed by atoms with van der Waals surface area (Å²) in [5.74, 6) is 1.01. The molecule has 4 rings (SSSR count). The number of aryl methyl sites for hydroxylation is 3. The quantitative estimate of drug-likeness (QED) is 0.534. The van der Waals surface area contributed by atoms with Gasteiger partial charge in [0.15, 0.2) is 0 Å². The fourth-order valence-corrected chi connectivity index (χ4v) is 4.90. The molecule has 0 unspecified atom stereocenters. The monoisotopic (exact) mass is 434 g/mol. The summed E-state index contributed by atoms with van der Waals surface area (Å²) in [7, 11) is 0. The van der Waals surface area contributed by atoms with E-state index in [2.05, 4.69) is 56.0 Å². The van der Waals surface area contributed by atoms with E-state index in [0.29, 0.717) is 6.61 Å². The zero-order chi connectivity index (χ0) is 21.8. The molecule has 5 heteroatoms. The Kier molecular flexibility index (Phi) is 6.73. The minimum absolute atomic E-state index is 0.137. The molecule has 0 spiro atoms. The van der Waals surface area contributed by atoms with Crippen molar-refractivity contribution >= 4 is 17.2 Å². The predicted molar refractivity (Wildman–Crippen MR) is 127 cm³/mol. The molecule has 0 radical (unpaired) electrons. The van der Waals surface area contributed by atoms with Crippen molar-refractivity contribution in [1.82, 2.24) is 9.80 Å². The maximum atomic E-state index is 13.0. The molecular formula is C26H30N2O2S. The van der Waals surface area contributed by atoms with Crippen molar-refractivity contribution in [3.8, 4) is 5.75 Å². The second kappa shape index (κ2) is 9.67. The van der Waals surface area contributed by atoms with Crippen molar-refractivity contribution in [3.05, 3.63) is 86.6 Å². The van der Waals surface area contributed by atoms with Crippen LogP contribution < -0.4 is 4.74 Å². The highest BCUT2D eigenvalue weighted by molar-refractivity contribution is 7.12. The molecule has 31 heavy (non-hydrogen) atoms. The van der Waals surface area contributed by atoms with Crippen LogP contribution in [0.2, 0.25) is 0 Å². The third kappa shape index (κ3) is 5.54. The summed E-state index contributed by atoms with van der Waals surface area (Å²) in [4.78, 5) is 18.2. The summed E-state index contributed by atoms with van der Waals surface area (Å²) < 4.78 is 5.95. The van der Waals surface area contributed by atoms with E-state index >= 15 is 0 Å². The van der Waals surface area contributed by atoms with Gasteiger partial charge in [-0.15, -0.1) is 11.3 Å². The van der Waals surface area contributed by atoms with Gasteiger partial charge in [-0.3, -0.25) is 9.69 Å². The van der Waals surface area contributed by atoms with Gasteiger partial charge in [-0.2, -0.15) is 0 Å². The van der Waals surface area contributed by atoms with E-state index in [0.717, 1.165) is 48.9 Å². The van der Waals surface area contributed by atoms with Crippen LogP contribution in [0.3, 0.4) is 0 Å². The standard InChI is InChI=1S/C26H30N2O2S/c1-19-12-20(2)14-24(13-19)30-17-22-15-25(31-18-22)26(29)28-10-8-27(9-11-28)16-23-7-5-4-6-21(23)3/h4-7,12-15,18H,8-11,16-17H2,1-3H3. The van der Waals surface area contributed by atoms with Crippen LogP contribution in [0.5, 0.6) is 5.75 Å². The van der Waals surface area contributed by atoms with Crippen LogP contribution in [0.25, 0.3) is 0 Å². The van der Waals surface area contributed by atoms with Crippen LogP contribution in [0.4, 0.5) is 0 Å². The van der Waals surface area contributed by atoms with Crippen LogP contribution in [0.1, 0.15) is 37.5 Å². The SMILES string of the molecule is Cc1cc(C)cc(OCc2csc(C(=O)N3CCN(Cc4ccccc4C)CC3)c2)c1. The molecule has 162 valence electrons. The van der Waals surface area contributed by atoms with E-state index in [1.54, 1.807) is 0 Å². The molecule has 0 atom stereocenters. The van der Waals surface area contributed by atoms with Gasteiger partial charge in [0, 0.05) is 38.3 Å². The molecule has 1 saturated heterocycles. The molecule has 1 aliphatic rings. The van der Waals surface area contributed by atoms with Crippen molar-refractivity contribution in [3.63, 3.8) is 0 Å². The van der Waals surface area contributed by atoms with Gasteiger partial charge < -0.3 is 9.64 Å². The molecular weight excluding hydrogens is 404 g/mol. The van der Waals surface area contributed by atoms with E-state index in [9.17, 15) is 4.79 Å². The largest absolute Gasteiger partial charge is 0.489 e. The molecule has 0 N–H and O–H groups in total. The van der Waals surface area contributed by atoms with Gasteiger partial charge in [-0.05, 0) is 66.6 Å². The lowest BCUT2D eigenvalue weighted by atomic mass is 10.1. The van der Waals surface area contributed by atoms with E-state index in [4.69, 9.17) is 4.74 Å². The van der Waals surface area contributed by atoms with E-state index in [1.807, 2.05) is 28.5 Å². The number of benzene rings is 2. The maximum Gasteiger partial charge on any atom is 0.264 e. The number of rotatable bonds is 6. The molecule has 2 heterocycles. The Morgan fingerprint density at radius 2 is 1.68 bits per heavy atom. The van der Waals surface area contributed by atoms with Gasteiger partial charge >= 0.3 is 0 Å². The summed E-state index contributed by atoms with van der Waals surface area (Å²) in [6, 6.07) is 16.7. The number of hydrogen-bond acceptors (Lipinski definition) is 4. The number of carbonyl (C=O) groups excluding carboxylic acids is 1. The maximum absolute atomic E-state index is 13.0. The van der Waals surface area contributed by atoms with Gasteiger partial charge in [0.2, 0.25) is 0 Å². The highest BCUT2D eigenvalue weighted by Crippen LogP contribution is 2.22. The topological polar surface area (TPSA) is 32.8 Å². The van der Waals surface area contributed by atoms with Gasteiger partial charge in [0.1, 0.15) is 12.4 Å². The molecule has 1 amide bonds. The Morgan fingerprint density at radius 3 is 2.39 bits per heavy atom. The number of carbonyl (C=O) groups is 1. The molecule has 0 aliphatic carbocycles. The third-order valence-corrected chi connectivity index (χ3v) is 6.75. The van der Waals surface area contributed by atoms with Crippen molar-refractivity contribution in [2.24, 2.45) is 0 Å². The normalized spacial score (nSPS) is 14.6. The Morgan fingerprint density at radius 1 is 0.968 bits per heavy atom. The van der Waals surface area contributed by atoms with Crippen LogP contribution in [0.15, 0.2) is 53.9 Å². The molecule has 0 bridgehead atoms. The summed E-state index contributed by atoms with van der Waals surface area (Å²) >= 11 is 1.51. The number of ether oxygens (including phenoxy) is 1. The first-order valence-electron chi connectivity index (χ1n) is 10.8. The number of amides is 1. The predicted octanol–water partition coefficient (Wildman–Crippen LogP) is 5.21. The molecule has 0 saturated carbocycles. The lowest BCUT2D eigenvalue weighted by molar-refractivity contribution is 0.0633. The molecule has 1 aromatic heterocycles.